The lowest BCUT2D eigenvalue weighted by Crippen LogP contribution is -2.36. The molecular formula is C19H17N3O2. The van der Waals surface area contributed by atoms with Crippen LogP contribution in [0, 0.1) is 0 Å². The van der Waals surface area contributed by atoms with Crippen LogP contribution in [0.1, 0.15) is 21.6 Å². The molecular weight excluding hydrogens is 302 g/mol. The number of amides is 1. The molecule has 5 nitrogen and oxygen atoms in total. The minimum atomic E-state index is 0.0367. The number of benzene rings is 1. The van der Waals surface area contributed by atoms with Crippen molar-refractivity contribution in [2.75, 3.05) is 13.7 Å². The van der Waals surface area contributed by atoms with E-state index in [1.807, 2.05) is 29.2 Å². The number of hydrogen-bond acceptors (Lipinski definition) is 4. The van der Waals surface area contributed by atoms with Gasteiger partial charge in [0.25, 0.3) is 5.91 Å². The lowest BCUT2D eigenvalue weighted by molar-refractivity contribution is 0.0733. The molecule has 0 fully saturated rings. The van der Waals surface area contributed by atoms with Gasteiger partial charge in [-0.2, -0.15) is 0 Å². The molecule has 120 valence electrons. The van der Waals surface area contributed by atoms with Crippen molar-refractivity contribution in [2.24, 2.45) is 0 Å². The predicted molar refractivity (Wildman–Crippen MR) is 91.0 cm³/mol. The fraction of sp³-hybridized carbons (Fsp3) is 0.211. The van der Waals surface area contributed by atoms with Crippen molar-refractivity contribution in [1.29, 1.82) is 0 Å². The number of carbonyl (C=O) groups is 1. The van der Waals surface area contributed by atoms with Crippen LogP contribution < -0.4 is 4.74 Å². The van der Waals surface area contributed by atoms with Gasteiger partial charge in [0.05, 0.1) is 7.11 Å². The molecule has 0 spiro atoms. The summed E-state index contributed by atoms with van der Waals surface area (Å²) in [6.07, 6.45) is 2.51. The molecule has 1 amide bonds. The number of fused-ring (bicyclic) bond motifs is 2. The lowest BCUT2D eigenvalue weighted by Gasteiger charge is -2.28. The molecule has 1 aromatic carbocycles. The van der Waals surface area contributed by atoms with E-state index in [0.717, 1.165) is 34.5 Å². The summed E-state index contributed by atoms with van der Waals surface area (Å²) in [6.45, 7) is 1.25. The van der Waals surface area contributed by atoms with Gasteiger partial charge in [-0.05, 0) is 48.0 Å². The zero-order chi connectivity index (χ0) is 16.5. The van der Waals surface area contributed by atoms with Crippen LogP contribution in [-0.2, 0) is 13.0 Å². The smallest absolute Gasteiger partial charge is 0.254 e. The molecule has 2 aromatic heterocycles. The second-order valence-electron chi connectivity index (χ2n) is 5.85. The maximum Gasteiger partial charge on any atom is 0.254 e. The Balaban J connectivity index is 1.60. The van der Waals surface area contributed by atoms with Crippen LogP contribution in [0.5, 0.6) is 5.75 Å². The SMILES string of the molecule is COc1ccc(C(=O)N2CCc3nc4ncccc4cc3C2)cc1. The Kier molecular flexibility index (Phi) is 3.61. The fourth-order valence-corrected chi connectivity index (χ4v) is 3.05. The average Bonchev–Trinajstić information content (AvgIpc) is 2.65. The second kappa shape index (κ2) is 5.92. The van der Waals surface area contributed by atoms with Gasteiger partial charge in [0.2, 0.25) is 0 Å². The van der Waals surface area contributed by atoms with Crippen LogP contribution >= 0.6 is 0 Å². The number of aromatic nitrogens is 2. The third-order valence-corrected chi connectivity index (χ3v) is 4.36. The topological polar surface area (TPSA) is 55.3 Å². The van der Waals surface area contributed by atoms with E-state index in [4.69, 9.17) is 4.74 Å². The number of pyridine rings is 2. The van der Waals surface area contributed by atoms with E-state index in [1.165, 1.54) is 0 Å². The summed E-state index contributed by atoms with van der Waals surface area (Å²) < 4.78 is 5.14. The Hall–Kier alpha value is -2.95. The first-order valence-corrected chi connectivity index (χ1v) is 7.91. The highest BCUT2D eigenvalue weighted by Crippen LogP contribution is 2.23. The number of carbonyl (C=O) groups excluding carboxylic acids is 1. The number of hydrogen-bond donors (Lipinski definition) is 0. The fourth-order valence-electron chi connectivity index (χ4n) is 3.05. The summed E-state index contributed by atoms with van der Waals surface area (Å²) in [7, 11) is 1.62. The van der Waals surface area contributed by atoms with Crippen molar-refractivity contribution < 1.29 is 9.53 Å². The summed E-state index contributed by atoms with van der Waals surface area (Å²) in [6, 6.07) is 13.2. The first kappa shape index (κ1) is 14.6. The zero-order valence-corrected chi connectivity index (χ0v) is 13.4. The molecule has 1 aliphatic heterocycles. The summed E-state index contributed by atoms with van der Waals surface area (Å²) in [5.41, 5.74) is 3.59. The van der Waals surface area contributed by atoms with Crippen molar-refractivity contribution >= 4 is 16.9 Å². The molecule has 3 aromatic rings. The van der Waals surface area contributed by atoms with Crippen molar-refractivity contribution in [2.45, 2.75) is 13.0 Å². The highest BCUT2D eigenvalue weighted by atomic mass is 16.5. The summed E-state index contributed by atoms with van der Waals surface area (Å²) >= 11 is 0. The van der Waals surface area contributed by atoms with Crippen LogP contribution in [0.25, 0.3) is 11.0 Å². The first-order chi connectivity index (χ1) is 11.7. The molecule has 0 saturated heterocycles. The van der Waals surface area contributed by atoms with Crippen LogP contribution in [0.4, 0.5) is 0 Å². The van der Waals surface area contributed by atoms with E-state index in [2.05, 4.69) is 16.0 Å². The normalized spacial score (nSPS) is 13.6. The van der Waals surface area contributed by atoms with Gasteiger partial charge in [0.1, 0.15) is 5.75 Å². The van der Waals surface area contributed by atoms with Crippen molar-refractivity contribution in [3.63, 3.8) is 0 Å². The molecule has 3 heterocycles. The largest absolute Gasteiger partial charge is 0.497 e. The van der Waals surface area contributed by atoms with E-state index < -0.39 is 0 Å². The molecule has 0 atom stereocenters. The average molecular weight is 319 g/mol. The van der Waals surface area contributed by atoms with Crippen molar-refractivity contribution in [3.8, 4) is 5.75 Å². The van der Waals surface area contributed by atoms with Gasteiger partial charge in [-0.15, -0.1) is 0 Å². The molecule has 24 heavy (non-hydrogen) atoms. The molecule has 0 aliphatic carbocycles. The van der Waals surface area contributed by atoms with Gasteiger partial charge in [0, 0.05) is 42.4 Å². The maximum absolute atomic E-state index is 12.7. The highest BCUT2D eigenvalue weighted by molar-refractivity contribution is 5.94. The number of nitrogens with zero attached hydrogens (tertiary/aromatic N) is 3. The van der Waals surface area contributed by atoms with Gasteiger partial charge in [0.15, 0.2) is 5.65 Å². The third kappa shape index (κ3) is 2.58. The van der Waals surface area contributed by atoms with Crippen LogP contribution in [-0.4, -0.2) is 34.4 Å². The van der Waals surface area contributed by atoms with E-state index in [1.54, 1.807) is 25.4 Å². The second-order valence-corrected chi connectivity index (χ2v) is 5.85. The van der Waals surface area contributed by atoms with Crippen LogP contribution in [0.15, 0.2) is 48.7 Å². The van der Waals surface area contributed by atoms with Crippen LogP contribution in [0.2, 0.25) is 0 Å². The third-order valence-electron chi connectivity index (χ3n) is 4.36. The zero-order valence-electron chi connectivity index (χ0n) is 13.4. The molecule has 1 aliphatic rings. The molecule has 0 saturated carbocycles. The Labute approximate surface area is 139 Å². The molecule has 5 heteroatoms. The van der Waals surface area contributed by atoms with Crippen molar-refractivity contribution in [3.05, 3.63) is 65.5 Å². The van der Waals surface area contributed by atoms with Gasteiger partial charge >= 0.3 is 0 Å². The molecule has 0 N–H and O–H groups in total. The molecule has 0 bridgehead atoms. The van der Waals surface area contributed by atoms with E-state index >= 15 is 0 Å². The number of rotatable bonds is 2. The summed E-state index contributed by atoms with van der Waals surface area (Å²) in [5.74, 6) is 0.785. The summed E-state index contributed by atoms with van der Waals surface area (Å²) in [4.78, 5) is 23.5. The van der Waals surface area contributed by atoms with Gasteiger partial charge in [-0.25, -0.2) is 9.97 Å². The molecule has 0 radical (unpaired) electrons. The van der Waals surface area contributed by atoms with Crippen molar-refractivity contribution in [1.82, 2.24) is 14.9 Å². The lowest BCUT2D eigenvalue weighted by atomic mass is 10.0. The Bertz CT molecular complexity index is 906. The van der Waals surface area contributed by atoms with E-state index in [-0.39, 0.29) is 5.91 Å². The first-order valence-electron chi connectivity index (χ1n) is 7.91. The van der Waals surface area contributed by atoms with Crippen LogP contribution in [0.3, 0.4) is 0 Å². The monoisotopic (exact) mass is 319 g/mol. The maximum atomic E-state index is 12.7. The number of ether oxygens (including phenoxy) is 1. The standard InChI is InChI=1S/C19H17N3O2/c1-24-16-6-4-13(5-7-16)19(23)22-10-8-17-15(12-22)11-14-3-2-9-20-18(14)21-17/h2-7,9,11H,8,10,12H2,1H3. The minimum absolute atomic E-state index is 0.0367. The number of methoxy groups -OCH3 is 1. The minimum Gasteiger partial charge on any atom is -0.497 e. The van der Waals surface area contributed by atoms with Gasteiger partial charge in [-0.1, -0.05) is 0 Å². The Morgan fingerprint density at radius 2 is 2.04 bits per heavy atom. The Morgan fingerprint density at radius 1 is 1.21 bits per heavy atom. The van der Waals surface area contributed by atoms with E-state index in [9.17, 15) is 4.79 Å². The quantitative estimate of drug-likeness (QED) is 0.729. The highest BCUT2D eigenvalue weighted by Gasteiger charge is 2.23. The Morgan fingerprint density at radius 3 is 2.83 bits per heavy atom. The van der Waals surface area contributed by atoms with Gasteiger partial charge in [-0.3, -0.25) is 4.79 Å². The summed E-state index contributed by atoms with van der Waals surface area (Å²) in [5, 5.41) is 1.01. The van der Waals surface area contributed by atoms with E-state index in [0.29, 0.717) is 18.7 Å². The van der Waals surface area contributed by atoms with Gasteiger partial charge < -0.3 is 9.64 Å². The predicted octanol–water partition coefficient (Wildman–Crippen LogP) is 2.84. The molecule has 4 rings (SSSR count). The molecule has 0 unspecified atom stereocenters.